The summed E-state index contributed by atoms with van der Waals surface area (Å²) in [7, 11) is 0. The fourth-order valence-electron chi connectivity index (χ4n) is 5.28. The standard InChI is InChI=1S/C32H23FS2/c33-24-12-6-21(7-13-24)9-15-26-19-23-11-17-28-29-27(30(28)32(23)35-26)16-10-22-18-25(34-31(22)29)14-8-20-4-2-1-3-5-20/h1-7,10-13,16-19H,8-9,14-15H2. The van der Waals surface area contributed by atoms with E-state index in [2.05, 4.69) is 66.7 Å². The second-order valence-electron chi connectivity index (χ2n) is 9.35. The molecule has 1 aliphatic carbocycles. The van der Waals surface area contributed by atoms with Crippen LogP contribution in [0, 0.1) is 5.82 Å². The van der Waals surface area contributed by atoms with E-state index in [1.807, 2.05) is 34.8 Å². The lowest BCUT2D eigenvalue weighted by Gasteiger charge is -2.25. The average Bonchev–Trinajstić information content (AvgIpc) is 3.47. The monoisotopic (exact) mass is 490 g/mol. The Morgan fingerprint density at radius 3 is 1.57 bits per heavy atom. The van der Waals surface area contributed by atoms with Gasteiger partial charge in [-0.2, -0.15) is 0 Å². The fraction of sp³-hybridized carbons (Fsp3) is 0.125. The summed E-state index contributed by atoms with van der Waals surface area (Å²) < 4.78 is 16.1. The van der Waals surface area contributed by atoms with Gasteiger partial charge in [0, 0.05) is 30.3 Å². The summed E-state index contributed by atoms with van der Waals surface area (Å²) in [5.74, 6) is -0.170. The van der Waals surface area contributed by atoms with Crippen LogP contribution in [0.5, 0.6) is 0 Å². The molecule has 0 nitrogen and oxygen atoms in total. The molecule has 0 atom stereocenters. The van der Waals surface area contributed by atoms with Gasteiger partial charge in [-0.25, -0.2) is 4.39 Å². The summed E-state index contributed by atoms with van der Waals surface area (Å²) in [5.41, 5.74) is 8.26. The van der Waals surface area contributed by atoms with Gasteiger partial charge in [-0.3, -0.25) is 0 Å². The largest absolute Gasteiger partial charge is 0.207 e. The van der Waals surface area contributed by atoms with E-state index in [1.54, 1.807) is 12.1 Å². The van der Waals surface area contributed by atoms with Gasteiger partial charge < -0.3 is 0 Å². The molecule has 2 aromatic heterocycles. The number of benzene rings is 4. The number of halogens is 1. The van der Waals surface area contributed by atoms with Crippen molar-refractivity contribution in [1.82, 2.24) is 0 Å². The molecule has 1 aliphatic rings. The molecule has 35 heavy (non-hydrogen) atoms. The zero-order valence-electron chi connectivity index (χ0n) is 19.2. The molecule has 0 amide bonds. The van der Waals surface area contributed by atoms with Crippen molar-refractivity contribution in [2.45, 2.75) is 25.7 Å². The maximum absolute atomic E-state index is 13.2. The minimum Gasteiger partial charge on any atom is -0.207 e. The molecule has 0 spiro atoms. The highest BCUT2D eigenvalue weighted by molar-refractivity contribution is 7.20. The van der Waals surface area contributed by atoms with Crippen LogP contribution in [-0.4, -0.2) is 0 Å². The van der Waals surface area contributed by atoms with Crippen LogP contribution < -0.4 is 0 Å². The first kappa shape index (κ1) is 21.0. The van der Waals surface area contributed by atoms with Gasteiger partial charge in [-0.1, -0.05) is 66.7 Å². The molecular weight excluding hydrogens is 467 g/mol. The van der Waals surface area contributed by atoms with Crippen molar-refractivity contribution in [1.29, 1.82) is 0 Å². The predicted octanol–water partition coefficient (Wildman–Crippen LogP) is 9.47. The molecule has 0 N–H and O–H groups in total. The summed E-state index contributed by atoms with van der Waals surface area (Å²) in [6, 6.07) is 31.6. The molecule has 0 saturated carbocycles. The maximum Gasteiger partial charge on any atom is 0.123 e. The van der Waals surface area contributed by atoms with Gasteiger partial charge in [0.05, 0.1) is 0 Å². The van der Waals surface area contributed by atoms with E-state index >= 15 is 0 Å². The van der Waals surface area contributed by atoms with Crippen LogP contribution in [0.1, 0.15) is 20.9 Å². The molecule has 6 aromatic rings. The second-order valence-corrected chi connectivity index (χ2v) is 11.6. The Bertz CT molecular complexity index is 1690. The minimum atomic E-state index is -0.170. The number of hydrogen-bond donors (Lipinski definition) is 0. The molecule has 7 rings (SSSR count). The van der Waals surface area contributed by atoms with Crippen molar-refractivity contribution in [2.75, 3.05) is 0 Å². The normalized spacial score (nSPS) is 12.0. The molecule has 2 heterocycles. The average molecular weight is 491 g/mol. The van der Waals surface area contributed by atoms with Crippen molar-refractivity contribution in [3.8, 4) is 22.3 Å². The fourth-order valence-corrected chi connectivity index (χ4v) is 7.72. The van der Waals surface area contributed by atoms with Crippen molar-refractivity contribution < 1.29 is 4.39 Å². The first-order valence-electron chi connectivity index (χ1n) is 12.1. The van der Waals surface area contributed by atoms with Gasteiger partial charge in [-0.15, -0.1) is 22.7 Å². The van der Waals surface area contributed by atoms with Crippen molar-refractivity contribution >= 4 is 42.8 Å². The van der Waals surface area contributed by atoms with E-state index in [-0.39, 0.29) is 5.82 Å². The van der Waals surface area contributed by atoms with Crippen molar-refractivity contribution in [2.24, 2.45) is 0 Å². The summed E-state index contributed by atoms with van der Waals surface area (Å²) in [6.45, 7) is 0. The number of thiophene rings is 2. The third kappa shape index (κ3) is 3.71. The third-order valence-electron chi connectivity index (χ3n) is 7.09. The Morgan fingerprint density at radius 1 is 0.514 bits per heavy atom. The quantitative estimate of drug-likeness (QED) is 0.218. The van der Waals surface area contributed by atoms with Crippen LogP contribution in [-0.2, 0) is 25.7 Å². The van der Waals surface area contributed by atoms with Crippen molar-refractivity contribution in [3.63, 3.8) is 0 Å². The van der Waals surface area contributed by atoms with Gasteiger partial charge in [0.1, 0.15) is 5.82 Å². The molecule has 170 valence electrons. The van der Waals surface area contributed by atoms with Gasteiger partial charge in [0.25, 0.3) is 0 Å². The highest BCUT2D eigenvalue weighted by Crippen LogP contribution is 2.56. The molecule has 0 bridgehead atoms. The Morgan fingerprint density at radius 2 is 1.03 bits per heavy atom. The number of fused-ring (bicyclic) bond motifs is 8. The Kier molecular flexibility index (Phi) is 5.08. The first-order valence-corrected chi connectivity index (χ1v) is 13.8. The summed E-state index contributed by atoms with van der Waals surface area (Å²) in [5, 5.41) is 2.71. The molecule has 3 heteroatoms. The number of rotatable bonds is 6. The third-order valence-corrected chi connectivity index (χ3v) is 9.55. The Hall–Kier alpha value is -3.27. The highest BCUT2D eigenvalue weighted by Gasteiger charge is 2.28. The molecule has 4 aromatic carbocycles. The van der Waals surface area contributed by atoms with Crippen molar-refractivity contribution in [3.05, 3.63) is 118 Å². The molecular formula is C32H23FS2. The lowest BCUT2D eigenvalue weighted by molar-refractivity contribution is 0.627. The zero-order valence-corrected chi connectivity index (χ0v) is 20.8. The smallest absolute Gasteiger partial charge is 0.123 e. The van der Waals surface area contributed by atoms with Crippen LogP contribution in [0.4, 0.5) is 4.39 Å². The van der Waals surface area contributed by atoms with Crippen LogP contribution in [0.2, 0.25) is 0 Å². The van der Waals surface area contributed by atoms with Crippen LogP contribution in [0.15, 0.2) is 91.0 Å². The second kappa shape index (κ2) is 8.44. The maximum atomic E-state index is 13.2. The summed E-state index contributed by atoms with van der Waals surface area (Å²) in [4.78, 5) is 2.86. The van der Waals surface area contributed by atoms with E-state index in [4.69, 9.17) is 0 Å². The predicted molar refractivity (Wildman–Crippen MR) is 149 cm³/mol. The lowest BCUT2D eigenvalue weighted by atomic mass is 9.79. The van der Waals surface area contributed by atoms with E-state index in [9.17, 15) is 4.39 Å². The van der Waals surface area contributed by atoms with E-state index < -0.39 is 0 Å². The number of aryl methyl sites for hydroxylation is 4. The minimum absolute atomic E-state index is 0.170. The molecule has 0 radical (unpaired) electrons. The SMILES string of the molecule is Fc1ccc(CCc2cc3ccc4c(c3s2)-c2ccc3cc(CCc5ccccc5)sc3c2-4)cc1. The Balaban J connectivity index is 1.17. The van der Waals surface area contributed by atoms with E-state index in [1.165, 1.54) is 63.3 Å². The molecule has 0 aliphatic heterocycles. The molecule has 0 saturated heterocycles. The number of hydrogen-bond acceptors (Lipinski definition) is 2. The summed E-state index contributed by atoms with van der Waals surface area (Å²) in [6.07, 6.45) is 4.10. The molecule has 0 unspecified atom stereocenters. The van der Waals surface area contributed by atoms with Crippen LogP contribution in [0.3, 0.4) is 0 Å². The van der Waals surface area contributed by atoms with Gasteiger partial charge in [0.2, 0.25) is 0 Å². The van der Waals surface area contributed by atoms with E-state index in [0.29, 0.717) is 0 Å². The van der Waals surface area contributed by atoms with Crippen LogP contribution in [0.25, 0.3) is 42.4 Å². The lowest BCUT2D eigenvalue weighted by Crippen LogP contribution is -1.98. The van der Waals surface area contributed by atoms with E-state index in [0.717, 1.165) is 25.7 Å². The zero-order chi connectivity index (χ0) is 23.4. The van der Waals surface area contributed by atoms with Gasteiger partial charge >= 0.3 is 0 Å². The van der Waals surface area contributed by atoms with Gasteiger partial charge in [-0.05, 0) is 83.0 Å². The summed E-state index contributed by atoms with van der Waals surface area (Å²) >= 11 is 3.89. The molecule has 0 fully saturated rings. The van der Waals surface area contributed by atoms with Gasteiger partial charge in [0.15, 0.2) is 0 Å². The van der Waals surface area contributed by atoms with Crippen LogP contribution >= 0.6 is 22.7 Å². The topological polar surface area (TPSA) is 0 Å². The first-order chi connectivity index (χ1) is 17.2. The Labute approximate surface area is 212 Å². The highest BCUT2D eigenvalue weighted by atomic mass is 32.1.